The average Bonchev–Trinajstić information content (AvgIpc) is 2.94. The van der Waals surface area contributed by atoms with Crippen molar-refractivity contribution in [2.45, 2.75) is 18.2 Å². The number of carbonyl (C=O) groups is 1. The summed E-state index contributed by atoms with van der Waals surface area (Å²) in [6.07, 6.45) is -0.626. The predicted molar refractivity (Wildman–Crippen MR) is 72.0 cm³/mol. The van der Waals surface area contributed by atoms with Gasteiger partial charge in [0.05, 0.1) is 12.1 Å². The molecule has 0 saturated carbocycles. The van der Waals surface area contributed by atoms with E-state index in [0.717, 1.165) is 6.54 Å². The summed E-state index contributed by atoms with van der Waals surface area (Å²) in [5, 5.41) is 6.13. The van der Waals surface area contributed by atoms with Crippen molar-refractivity contribution in [1.82, 2.24) is 10.6 Å². The largest absolute Gasteiger partial charge is 0.485 e. The third-order valence-electron chi connectivity index (χ3n) is 3.59. The van der Waals surface area contributed by atoms with E-state index in [-0.39, 0.29) is 24.7 Å². The number of nitrogens with one attached hydrogen (secondary N) is 2. The lowest BCUT2D eigenvalue weighted by molar-refractivity contribution is -0.131. The van der Waals surface area contributed by atoms with Crippen LogP contribution < -0.4 is 20.1 Å². The zero-order valence-corrected chi connectivity index (χ0v) is 11.3. The van der Waals surface area contributed by atoms with Gasteiger partial charge >= 0.3 is 0 Å². The normalized spacial score (nSPS) is 28.1. The van der Waals surface area contributed by atoms with Crippen molar-refractivity contribution in [1.29, 1.82) is 0 Å². The molecule has 0 radical (unpaired) electrons. The number of hydrogen-bond acceptors (Lipinski definition) is 5. The molecular formula is C14H18N2O4. The van der Waals surface area contributed by atoms with Crippen molar-refractivity contribution in [3.63, 3.8) is 0 Å². The maximum Gasteiger partial charge on any atom is 0.265 e. The Hall–Kier alpha value is -1.79. The van der Waals surface area contributed by atoms with E-state index in [1.807, 2.05) is 18.2 Å². The summed E-state index contributed by atoms with van der Waals surface area (Å²) < 4.78 is 16.5. The lowest BCUT2D eigenvalue weighted by Crippen LogP contribution is -2.51. The Morgan fingerprint density at radius 3 is 2.95 bits per heavy atom. The predicted octanol–water partition coefficient (Wildman–Crippen LogP) is -0.0706. The molecule has 2 N–H and O–H groups in total. The third kappa shape index (κ3) is 2.57. The second kappa shape index (κ2) is 5.68. The van der Waals surface area contributed by atoms with E-state index in [4.69, 9.17) is 14.2 Å². The number of fused-ring (bicyclic) bond motifs is 1. The molecule has 1 aromatic carbocycles. The Morgan fingerprint density at radius 2 is 2.15 bits per heavy atom. The maximum absolute atomic E-state index is 12.2. The SMILES string of the molecule is CO[C@H]1CNCC1NC(=O)C1COc2ccccc2O1. The smallest absolute Gasteiger partial charge is 0.265 e. The first-order valence-corrected chi connectivity index (χ1v) is 6.70. The van der Waals surface area contributed by atoms with Crippen LogP contribution >= 0.6 is 0 Å². The Bertz CT molecular complexity index is 494. The van der Waals surface area contributed by atoms with Crippen LogP contribution in [0.3, 0.4) is 0 Å². The van der Waals surface area contributed by atoms with Crippen molar-refractivity contribution in [3.05, 3.63) is 24.3 Å². The number of carbonyl (C=O) groups excluding carboxylic acids is 1. The molecule has 6 heteroatoms. The molecule has 20 heavy (non-hydrogen) atoms. The summed E-state index contributed by atoms with van der Waals surface area (Å²) in [6.45, 7) is 1.67. The summed E-state index contributed by atoms with van der Waals surface area (Å²) >= 11 is 0. The molecule has 2 unspecified atom stereocenters. The van der Waals surface area contributed by atoms with E-state index >= 15 is 0 Å². The molecule has 0 bridgehead atoms. The van der Waals surface area contributed by atoms with Gasteiger partial charge in [-0.15, -0.1) is 0 Å². The van der Waals surface area contributed by atoms with E-state index < -0.39 is 6.10 Å². The number of para-hydroxylation sites is 2. The molecule has 3 rings (SSSR count). The maximum atomic E-state index is 12.2. The molecule has 0 aromatic heterocycles. The van der Waals surface area contributed by atoms with Gasteiger partial charge in [-0.3, -0.25) is 4.79 Å². The van der Waals surface area contributed by atoms with Gasteiger partial charge in [0.1, 0.15) is 6.61 Å². The summed E-state index contributed by atoms with van der Waals surface area (Å²) in [5.74, 6) is 1.11. The minimum Gasteiger partial charge on any atom is -0.485 e. The van der Waals surface area contributed by atoms with Gasteiger partial charge < -0.3 is 24.8 Å². The van der Waals surface area contributed by atoms with Crippen LogP contribution in [-0.2, 0) is 9.53 Å². The second-order valence-electron chi connectivity index (χ2n) is 4.91. The van der Waals surface area contributed by atoms with Crippen LogP contribution in [0.5, 0.6) is 11.5 Å². The molecule has 0 spiro atoms. The fourth-order valence-corrected chi connectivity index (χ4v) is 2.47. The molecule has 1 fully saturated rings. The van der Waals surface area contributed by atoms with Crippen molar-refractivity contribution >= 4 is 5.91 Å². The van der Waals surface area contributed by atoms with E-state index in [2.05, 4.69) is 10.6 Å². The average molecular weight is 278 g/mol. The molecule has 2 aliphatic rings. The van der Waals surface area contributed by atoms with E-state index in [9.17, 15) is 4.79 Å². The first-order chi connectivity index (χ1) is 9.78. The highest BCUT2D eigenvalue weighted by Gasteiger charge is 2.33. The minimum absolute atomic E-state index is 0.00394. The second-order valence-corrected chi connectivity index (χ2v) is 4.91. The molecule has 6 nitrogen and oxygen atoms in total. The Labute approximate surface area is 117 Å². The van der Waals surface area contributed by atoms with E-state index in [1.54, 1.807) is 13.2 Å². The topological polar surface area (TPSA) is 68.8 Å². The van der Waals surface area contributed by atoms with Gasteiger partial charge in [-0.05, 0) is 12.1 Å². The van der Waals surface area contributed by atoms with E-state index in [0.29, 0.717) is 18.0 Å². The van der Waals surface area contributed by atoms with Crippen LogP contribution in [0.25, 0.3) is 0 Å². The van der Waals surface area contributed by atoms with Crippen LogP contribution in [0.2, 0.25) is 0 Å². The van der Waals surface area contributed by atoms with Crippen LogP contribution in [0.1, 0.15) is 0 Å². The lowest BCUT2D eigenvalue weighted by atomic mass is 10.2. The number of ether oxygens (including phenoxy) is 3. The molecule has 1 aromatic rings. The molecule has 3 atom stereocenters. The zero-order chi connectivity index (χ0) is 13.9. The number of benzene rings is 1. The monoisotopic (exact) mass is 278 g/mol. The molecular weight excluding hydrogens is 260 g/mol. The highest BCUT2D eigenvalue weighted by Crippen LogP contribution is 2.30. The zero-order valence-electron chi connectivity index (χ0n) is 11.3. The fraction of sp³-hybridized carbons (Fsp3) is 0.500. The van der Waals surface area contributed by atoms with Crippen molar-refractivity contribution in [2.75, 3.05) is 26.8 Å². The van der Waals surface area contributed by atoms with Gasteiger partial charge in [0.2, 0.25) is 6.10 Å². The van der Waals surface area contributed by atoms with Crippen LogP contribution in [0.15, 0.2) is 24.3 Å². The number of rotatable bonds is 3. The van der Waals surface area contributed by atoms with Gasteiger partial charge in [-0.2, -0.15) is 0 Å². The summed E-state index contributed by atoms with van der Waals surface area (Å²) in [4.78, 5) is 12.2. The first kappa shape index (κ1) is 13.2. The summed E-state index contributed by atoms with van der Waals surface area (Å²) in [6, 6.07) is 7.31. The van der Waals surface area contributed by atoms with E-state index in [1.165, 1.54) is 0 Å². The summed E-state index contributed by atoms with van der Waals surface area (Å²) in [5.41, 5.74) is 0. The molecule has 0 aliphatic carbocycles. The molecule has 2 aliphatic heterocycles. The third-order valence-corrected chi connectivity index (χ3v) is 3.59. The quantitative estimate of drug-likeness (QED) is 0.810. The van der Waals surface area contributed by atoms with Crippen LogP contribution in [0.4, 0.5) is 0 Å². The van der Waals surface area contributed by atoms with Gasteiger partial charge in [0, 0.05) is 20.2 Å². The molecule has 1 amide bonds. The minimum atomic E-state index is -0.622. The Morgan fingerprint density at radius 1 is 1.35 bits per heavy atom. The van der Waals surface area contributed by atoms with Gasteiger partial charge in [0.25, 0.3) is 5.91 Å². The number of hydrogen-bond donors (Lipinski definition) is 2. The highest BCUT2D eigenvalue weighted by atomic mass is 16.6. The van der Waals surface area contributed by atoms with Crippen molar-refractivity contribution in [3.8, 4) is 11.5 Å². The Balaban J connectivity index is 1.61. The first-order valence-electron chi connectivity index (χ1n) is 6.70. The van der Waals surface area contributed by atoms with Crippen molar-refractivity contribution in [2.24, 2.45) is 0 Å². The van der Waals surface area contributed by atoms with Crippen LogP contribution in [-0.4, -0.2) is 51.0 Å². The lowest BCUT2D eigenvalue weighted by Gasteiger charge is -2.27. The van der Waals surface area contributed by atoms with Gasteiger partial charge in [-0.1, -0.05) is 12.1 Å². The highest BCUT2D eigenvalue weighted by molar-refractivity contribution is 5.82. The fourth-order valence-electron chi connectivity index (χ4n) is 2.47. The summed E-state index contributed by atoms with van der Waals surface area (Å²) in [7, 11) is 1.65. The molecule has 2 heterocycles. The Kier molecular flexibility index (Phi) is 3.75. The molecule has 108 valence electrons. The van der Waals surface area contributed by atoms with Crippen molar-refractivity contribution < 1.29 is 19.0 Å². The van der Waals surface area contributed by atoms with Gasteiger partial charge in [0.15, 0.2) is 11.5 Å². The number of amides is 1. The van der Waals surface area contributed by atoms with Gasteiger partial charge in [-0.25, -0.2) is 0 Å². The van der Waals surface area contributed by atoms with Crippen LogP contribution in [0, 0.1) is 0 Å². The standard InChI is InChI=1S/C14H18N2O4/c1-18-12-7-15-6-9(12)16-14(17)13-8-19-10-4-2-3-5-11(10)20-13/h2-5,9,12-13,15H,6-8H2,1H3,(H,16,17)/t9?,12-,13?/m0/s1. The number of methoxy groups -OCH3 is 1. The molecule has 1 saturated heterocycles.